The van der Waals surface area contributed by atoms with Crippen LogP contribution in [-0.4, -0.2) is 44.4 Å². The molecule has 1 aliphatic rings. The number of allylic oxidation sites excluding steroid dienone is 1. The van der Waals surface area contributed by atoms with Crippen molar-refractivity contribution < 1.29 is 9.90 Å². The van der Waals surface area contributed by atoms with Crippen molar-refractivity contribution in [3.8, 4) is 0 Å². The molecule has 0 spiro atoms. The molecule has 1 aromatic carbocycles. The van der Waals surface area contributed by atoms with Crippen LogP contribution in [0.3, 0.4) is 0 Å². The first kappa shape index (κ1) is 16.4. The Morgan fingerprint density at radius 2 is 2.21 bits per heavy atom. The molecule has 1 amide bonds. The largest absolute Gasteiger partial charge is 0.382 e. The van der Waals surface area contributed by atoms with E-state index in [0.717, 1.165) is 23.1 Å². The summed E-state index contributed by atoms with van der Waals surface area (Å²) in [6, 6.07) is 7.99. The Morgan fingerprint density at radius 1 is 1.42 bits per heavy atom. The number of β-amino-alcohol motifs (C(OH)–C–C–N with tert-alkyl or cyclic N) is 1. The lowest BCUT2D eigenvalue weighted by molar-refractivity contribution is -0.133. The van der Waals surface area contributed by atoms with E-state index in [1.54, 1.807) is 11.0 Å². The summed E-state index contributed by atoms with van der Waals surface area (Å²) in [5, 5.41) is 21.1. The number of hydrogen-bond acceptors (Lipinski definition) is 4. The fourth-order valence-electron chi connectivity index (χ4n) is 3.23. The minimum absolute atomic E-state index is 0.0858. The summed E-state index contributed by atoms with van der Waals surface area (Å²) in [6.45, 7) is 4.84. The van der Waals surface area contributed by atoms with Crippen LogP contribution in [0.25, 0.3) is 5.57 Å². The van der Waals surface area contributed by atoms with Crippen LogP contribution >= 0.6 is 0 Å². The number of nitrogens with zero attached hydrogens (tertiary/aromatic N) is 3. The quantitative estimate of drug-likeness (QED) is 0.846. The van der Waals surface area contributed by atoms with E-state index in [4.69, 9.17) is 0 Å². The Morgan fingerprint density at radius 3 is 2.92 bits per heavy atom. The molecule has 2 heterocycles. The van der Waals surface area contributed by atoms with Gasteiger partial charge in [-0.15, -0.1) is 0 Å². The Balaban J connectivity index is 1.78. The van der Waals surface area contributed by atoms with E-state index in [0.29, 0.717) is 18.7 Å². The molecular weight excluding hydrogens is 304 g/mol. The molecule has 0 aliphatic carbocycles. The van der Waals surface area contributed by atoms with Crippen LogP contribution in [-0.2, 0) is 10.4 Å². The minimum atomic E-state index is -1.13. The molecule has 1 saturated heterocycles. The number of amides is 1. The van der Waals surface area contributed by atoms with Crippen LogP contribution in [0.1, 0.15) is 36.6 Å². The van der Waals surface area contributed by atoms with Crippen molar-refractivity contribution in [3.63, 3.8) is 0 Å². The predicted molar refractivity (Wildman–Crippen MR) is 90.9 cm³/mol. The zero-order chi connectivity index (χ0) is 17.2. The van der Waals surface area contributed by atoms with Gasteiger partial charge in [0.25, 0.3) is 0 Å². The van der Waals surface area contributed by atoms with Crippen LogP contribution < -0.4 is 0 Å². The molecule has 126 valence electrons. The number of carbonyl (C=O) groups is 1. The Bertz CT molecular complexity index is 754. The average molecular weight is 326 g/mol. The smallest absolute Gasteiger partial charge is 0.246 e. The predicted octanol–water partition coefficient (Wildman–Crippen LogP) is 2.03. The number of rotatable bonds is 3. The monoisotopic (exact) mass is 326 g/mol. The average Bonchev–Trinajstić information content (AvgIpc) is 3.10. The van der Waals surface area contributed by atoms with Gasteiger partial charge in [0.2, 0.25) is 5.91 Å². The van der Waals surface area contributed by atoms with Gasteiger partial charge in [-0.1, -0.05) is 24.3 Å². The first-order chi connectivity index (χ1) is 11.5. The summed E-state index contributed by atoms with van der Waals surface area (Å²) < 4.78 is 0. The highest BCUT2D eigenvalue weighted by Crippen LogP contribution is 2.30. The number of hydrogen-bond donors (Lipinski definition) is 2. The summed E-state index contributed by atoms with van der Waals surface area (Å²) in [6.07, 6.45) is 4.47. The van der Waals surface area contributed by atoms with E-state index in [1.807, 2.05) is 38.1 Å². The van der Waals surface area contributed by atoms with Crippen molar-refractivity contribution in [1.29, 1.82) is 0 Å². The Labute approximate surface area is 141 Å². The molecule has 24 heavy (non-hydrogen) atoms. The van der Waals surface area contributed by atoms with Crippen LogP contribution in [0.2, 0.25) is 0 Å². The van der Waals surface area contributed by atoms with Gasteiger partial charge in [-0.05, 0) is 43.4 Å². The second-order valence-corrected chi connectivity index (χ2v) is 6.39. The van der Waals surface area contributed by atoms with Crippen molar-refractivity contribution in [2.75, 3.05) is 13.1 Å². The normalized spacial score (nSPS) is 21.8. The highest BCUT2D eigenvalue weighted by molar-refractivity contribution is 5.95. The van der Waals surface area contributed by atoms with Crippen molar-refractivity contribution >= 4 is 11.5 Å². The SMILES string of the molecule is C/C(=C\C(=O)N1CCCC(O)(c2cn[nH]n2)C1)c1ccccc1C. The molecule has 0 bridgehead atoms. The van der Waals surface area contributed by atoms with Crippen molar-refractivity contribution in [2.45, 2.75) is 32.3 Å². The molecule has 2 aromatic rings. The number of benzene rings is 1. The Hall–Kier alpha value is -2.47. The second kappa shape index (κ2) is 6.57. The van der Waals surface area contributed by atoms with Crippen molar-refractivity contribution in [3.05, 3.63) is 53.4 Å². The number of likely N-dealkylation sites (tertiary alicyclic amines) is 1. The number of piperidine rings is 1. The molecule has 1 atom stereocenters. The first-order valence-corrected chi connectivity index (χ1v) is 8.11. The topological polar surface area (TPSA) is 82.1 Å². The van der Waals surface area contributed by atoms with Gasteiger partial charge >= 0.3 is 0 Å². The van der Waals surface area contributed by atoms with Gasteiger partial charge in [0.1, 0.15) is 11.3 Å². The van der Waals surface area contributed by atoms with Crippen LogP contribution in [0.5, 0.6) is 0 Å². The molecule has 1 aliphatic heterocycles. The maximum atomic E-state index is 12.6. The van der Waals surface area contributed by atoms with Gasteiger partial charge in [0.05, 0.1) is 12.7 Å². The molecule has 0 radical (unpaired) electrons. The van der Waals surface area contributed by atoms with E-state index in [-0.39, 0.29) is 12.5 Å². The van der Waals surface area contributed by atoms with Gasteiger partial charge in [-0.3, -0.25) is 4.79 Å². The van der Waals surface area contributed by atoms with E-state index in [1.165, 1.54) is 6.20 Å². The summed E-state index contributed by atoms with van der Waals surface area (Å²) in [7, 11) is 0. The number of aliphatic hydroxyl groups is 1. The highest BCUT2D eigenvalue weighted by atomic mass is 16.3. The standard InChI is InChI=1S/C18H22N4O2/c1-13-6-3-4-7-15(13)14(2)10-17(23)22-9-5-8-18(24,12-22)16-11-19-21-20-16/h3-4,6-7,10-11,24H,5,8-9,12H2,1-2H3,(H,19,20,21)/b14-10+. The molecule has 1 aromatic heterocycles. The number of H-pyrrole nitrogens is 1. The molecule has 0 saturated carbocycles. The molecule has 6 heteroatoms. The van der Waals surface area contributed by atoms with Crippen LogP contribution in [0.4, 0.5) is 0 Å². The molecule has 1 fully saturated rings. The highest BCUT2D eigenvalue weighted by Gasteiger charge is 2.38. The lowest BCUT2D eigenvalue weighted by Crippen LogP contribution is -2.48. The van der Waals surface area contributed by atoms with Crippen molar-refractivity contribution in [1.82, 2.24) is 20.3 Å². The van der Waals surface area contributed by atoms with E-state index in [9.17, 15) is 9.90 Å². The molecular formula is C18H22N4O2. The fourth-order valence-corrected chi connectivity index (χ4v) is 3.23. The lowest BCUT2D eigenvalue weighted by Gasteiger charge is -2.37. The van der Waals surface area contributed by atoms with E-state index >= 15 is 0 Å². The maximum Gasteiger partial charge on any atom is 0.246 e. The van der Waals surface area contributed by atoms with Crippen molar-refractivity contribution in [2.24, 2.45) is 0 Å². The third-order valence-electron chi connectivity index (χ3n) is 4.58. The van der Waals surface area contributed by atoms with Gasteiger partial charge in [-0.25, -0.2) is 0 Å². The van der Waals surface area contributed by atoms with Gasteiger partial charge < -0.3 is 10.0 Å². The summed E-state index contributed by atoms with van der Waals surface area (Å²) >= 11 is 0. The first-order valence-electron chi connectivity index (χ1n) is 8.11. The van der Waals surface area contributed by atoms with Gasteiger partial charge in [0.15, 0.2) is 0 Å². The fraction of sp³-hybridized carbons (Fsp3) is 0.389. The summed E-state index contributed by atoms with van der Waals surface area (Å²) in [5.74, 6) is -0.0858. The molecule has 6 nitrogen and oxygen atoms in total. The second-order valence-electron chi connectivity index (χ2n) is 6.39. The lowest BCUT2D eigenvalue weighted by atomic mass is 9.90. The maximum absolute atomic E-state index is 12.6. The van der Waals surface area contributed by atoms with E-state index in [2.05, 4.69) is 15.4 Å². The number of carbonyl (C=O) groups excluding carboxylic acids is 1. The summed E-state index contributed by atoms with van der Waals surface area (Å²) in [4.78, 5) is 14.3. The van der Waals surface area contributed by atoms with Gasteiger partial charge in [0, 0.05) is 12.6 Å². The third kappa shape index (κ3) is 3.23. The molecule has 3 rings (SSSR count). The van der Waals surface area contributed by atoms with Crippen LogP contribution in [0, 0.1) is 6.92 Å². The minimum Gasteiger partial charge on any atom is -0.382 e. The summed E-state index contributed by atoms with van der Waals surface area (Å²) in [5.41, 5.74) is 2.48. The third-order valence-corrected chi connectivity index (χ3v) is 4.58. The van der Waals surface area contributed by atoms with E-state index < -0.39 is 5.60 Å². The number of aromatic nitrogens is 3. The van der Waals surface area contributed by atoms with Gasteiger partial charge in [-0.2, -0.15) is 15.4 Å². The van der Waals surface area contributed by atoms with Crippen LogP contribution in [0.15, 0.2) is 36.5 Å². The number of nitrogens with one attached hydrogen (secondary N) is 1. The zero-order valence-electron chi connectivity index (χ0n) is 14.0. The molecule has 2 N–H and O–H groups in total. The number of aryl methyl sites for hydroxylation is 1. The molecule has 1 unspecified atom stereocenters. The Kier molecular flexibility index (Phi) is 4.49. The zero-order valence-corrected chi connectivity index (χ0v) is 14.0. The number of aromatic amines is 1.